The highest BCUT2D eigenvalue weighted by molar-refractivity contribution is 7.87. The van der Waals surface area contributed by atoms with Gasteiger partial charge in [0, 0.05) is 17.3 Å². The van der Waals surface area contributed by atoms with Crippen LogP contribution in [0, 0.1) is 23.2 Å². The largest absolute Gasteiger partial charge is 0.392 e. The Bertz CT molecular complexity index is 601. The van der Waals surface area contributed by atoms with E-state index in [2.05, 4.69) is 4.18 Å². The number of carbonyl (C=O) groups is 1. The fourth-order valence-electron chi connectivity index (χ4n) is 4.88. The highest BCUT2D eigenvalue weighted by atomic mass is 32.2. The standard InChI is InChI=1S/C15H22F2O6S/c1-22-24(20,21)15(16,17)8-23-7-12(18)14-4-9-2-10(5-14)13(19)11(3-9)6-14/h9-12,18H,2-8H2,1H3. The molecule has 4 aliphatic rings. The topological polar surface area (TPSA) is 89.9 Å². The van der Waals surface area contributed by atoms with E-state index in [1.807, 2.05) is 0 Å². The maximum absolute atomic E-state index is 13.5. The summed E-state index contributed by atoms with van der Waals surface area (Å²) < 4.78 is 57.8. The quantitative estimate of drug-likeness (QED) is 0.682. The Morgan fingerprint density at radius 2 is 1.88 bits per heavy atom. The summed E-state index contributed by atoms with van der Waals surface area (Å²) in [7, 11) is -4.38. The molecule has 3 unspecified atom stereocenters. The third kappa shape index (κ3) is 2.89. The summed E-state index contributed by atoms with van der Waals surface area (Å²) in [6, 6.07) is 0. The number of rotatable bonds is 7. The van der Waals surface area contributed by atoms with Crippen LogP contribution in [0.1, 0.15) is 32.1 Å². The first-order valence-electron chi connectivity index (χ1n) is 8.08. The van der Waals surface area contributed by atoms with Gasteiger partial charge in [-0.2, -0.15) is 17.2 Å². The number of alkyl halides is 2. The van der Waals surface area contributed by atoms with Crippen LogP contribution in [0.3, 0.4) is 0 Å². The second-order valence-electron chi connectivity index (χ2n) is 7.40. The van der Waals surface area contributed by atoms with E-state index in [1.54, 1.807) is 0 Å². The van der Waals surface area contributed by atoms with Gasteiger partial charge in [-0.05, 0) is 38.0 Å². The second-order valence-corrected chi connectivity index (χ2v) is 9.24. The molecular formula is C15H22F2O6S. The Labute approximate surface area is 139 Å². The third-order valence-electron chi connectivity index (χ3n) is 5.88. The number of Topliss-reactive ketones (excluding diaryl/α,β-unsaturated/α-hetero) is 1. The van der Waals surface area contributed by atoms with E-state index < -0.39 is 33.5 Å². The summed E-state index contributed by atoms with van der Waals surface area (Å²) in [5.74, 6) is 0.583. The molecular weight excluding hydrogens is 346 g/mol. The van der Waals surface area contributed by atoms with Gasteiger partial charge in [-0.1, -0.05) is 0 Å². The predicted molar refractivity (Wildman–Crippen MR) is 78.7 cm³/mol. The van der Waals surface area contributed by atoms with E-state index >= 15 is 0 Å². The van der Waals surface area contributed by atoms with E-state index in [1.165, 1.54) is 0 Å². The molecule has 4 fully saturated rings. The van der Waals surface area contributed by atoms with E-state index in [-0.39, 0.29) is 24.2 Å². The lowest BCUT2D eigenvalue weighted by molar-refractivity contribution is -0.166. The minimum absolute atomic E-state index is 0.0405. The summed E-state index contributed by atoms with van der Waals surface area (Å²) in [5, 5.41) is 6.33. The van der Waals surface area contributed by atoms with Gasteiger partial charge in [-0.3, -0.25) is 8.98 Å². The van der Waals surface area contributed by atoms with E-state index in [0.717, 1.165) is 19.3 Å². The zero-order valence-electron chi connectivity index (χ0n) is 13.4. The molecule has 4 bridgehead atoms. The maximum Gasteiger partial charge on any atom is 0.392 e. The van der Waals surface area contributed by atoms with Gasteiger partial charge in [-0.15, -0.1) is 0 Å². The Kier molecular flexibility index (Phi) is 4.51. The molecule has 0 aromatic carbocycles. The van der Waals surface area contributed by atoms with E-state index in [9.17, 15) is 27.1 Å². The molecule has 0 saturated heterocycles. The van der Waals surface area contributed by atoms with Crippen molar-refractivity contribution in [2.45, 2.75) is 43.5 Å². The van der Waals surface area contributed by atoms with Gasteiger partial charge < -0.3 is 9.84 Å². The lowest BCUT2D eigenvalue weighted by Gasteiger charge is -2.57. The number of halogens is 2. The average molecular weight is 368 g/mol. The summed E-state index contributed by atoms with van der Waals surface area (Å²) in [4.78, 5) is 12.1. The van der Waals surface area contributed by atoms with Crippen LogP contribution in [-0.4, -0.2) is 51.0 Å². The molecule has 0 aromatic rings. The van der Waals surface area contributed by atoms with Crippen molar-refractivity contribution < 1.29 is 36.0 Å². The van der Waals surface area contributed by atoms with Crippen LogP contribution >= 0.6 is 0 Å². The number of carbonyl (C=O) groups excluding carboxylic acids is 1. The molecule has 0 heterocycles. The molecule has 4 saturated carbocycles. The second kappa shape index (κ2) is 5.96. The van der Waals surface area contributed by atoms with Crippen LogP contribution < -0.4 is 0 Å². The zero-order chi connectivity index (χ0) is 17.8. The number of ether oxygens (including phenoxy) is 1. The van der Waals surface area contributed by atoms with Crippen LogP contribution in [0.15, 0.2) is 0 Å². The first-order valence-corrected chi connectivity index (χ1v) is 9.48. The number of aliphatic hydroxyl groups excluding tert-OH is 1. The van der Waals surface area contributed by atoms with Crippen LogP contribution in [0.5, 0.6) is 0 Å². The highest BCUT2D eigenvalue weighted by Crippen LogP contribution is 2.59. The Morgan fingerprint density at radius 1 is 1.29 bits per heavy atom. The molecule has 0 radical (unpaired) electrons. The maximum atomic E-state index is 13.5. The van der Waals surface area contributed by atoms with Crippen molar-refractivity contribution in [2.24, 2.45) is 23.2 Å². The van der Waals surface area contributed by atoms with Gasteiger partial charge in [0.1, 0.15) is 12.4 Å². The molecule has 4 rings (SSSR count). The average Bonchev–Trinajstić information content (AvgIpc) is 2.51. The van der Waals surface area contributed by atoms with Crippen molar-refractivity contribution in [3.05, 3.63) is 0 Å². The summed E-state index contributed by atoms with van der Waals surface area (Å²) in [5.41, 5.74) is -0.472. The van der Waals surface area contributed by atoms with Crippen LogP contribution in [0.25, 0.3) is 0 Å². The predicted octanol–water partition coefficient (Wildman–Crippen LogP) is 1.33. The molecule has 1 N–H and O–H groups in total. The van der Waals surface area contributed by atoms with E-state index in [4.69, 9.17) is 4.74 Å². The number of ketones is 1. The number of hydrogen-bond donors (Lipinski definition) is 1. The minimum atomic E-state index is -5.03. The summed E-state index contributed by atoms with van der Waals surface area (Å²) in [6.45, 7) is -1.75. The summed E-state index contributed by atoms with van der Waals surface area (Å²) in [6.07, 6.45) is 2.63. The minimum Gasteiger partial charge on any atom is -0.390 e. The van der Waals surface area contributed by atoms with Crippen molar-refractivity contribution in [1.29, 1.82) is 0 Å². The lowest BCUT2D eigenvalue weighted by Crippen LogP contribution is -2.56. The molecule has 0 spiro atoms. The fraction of sp³-hybridized carbons (Fsp3) is 0.933. The first kappa shape index (κ1) is 18.2. The number of hydrogen-bond acceptors (Lipinski definition) is 6. The van der Waals surface area contributed by atoms with Crippen molar-refractivity contribution in [3.63, 3.8) is 0 Å². The molecule has 24 heavy (non-hydrogen) atoms. The van der Waals surface area contributed by atoms with Crippen molar-refractivity contribution in [1.82, 2.24) is 0 Å². The monoisotopic (exact) mass is 368 g/mol. The SMILES string of the molecule is COS(=O)(=O)C(F)(F)COCC(O)C12CC3CC(C1)C(=O)C(C3)C2. The number of aliphatic hydroxyl groups is 1. The van der Waals surface area contributed by atoms with Gasteiger partial charge in [-0.25, -0.2) is 0 Å². The highest BCUT2D eigenvalue weighted by Gasteiger charge is 2.57. The Morgan fingerprint density at radius 3 is 2.42 bits per heavy atom. The lowest BCUT2D eigenvalue weighted by atomic mass is 9.48. The molecule has 0 aromatic heterocycles. The van der Waals surface area contributed by atoms with E-state index in [0.29, 0.717) is 25.9 Å². The Balaban J connectivity index is 1.60. The molecule has 3 atom stereocenters. The molecule has 9 heteroatoms. The van der Waals surface area contributed by atoms with Crippen molar-refractivity contribution in [3.8, 4) is 0 Å². The fourth-order valence-corrected chi connectivity index (χ4v) is 5.35. The van der Waals surface area contributed by atoms with Gasteiger partial charge in [0.25, 0.3) is 0 Å². The van der Waals surface area contributed by atoms with Crippen LogP contribution in [0.2, 0.25) is 0 Å². The zero-order valence-corrected chi connectivity index (χ0v) is 14.2. The van der Waals surface area contributed by atoms with Gasteiger partial charge in [0.05, 0.1) is 19.8 Å². The molecule has 0 amide bonds. The van der Waals surface area contributed by atoms with Gasteiger partial charge in [0.2, 0.25) is 0 Å². The van der Waals surface area contributed by atoms with Crippen molar-refractivity contribution >= 4 is 15.9 Å². The van der Waals surface area contributed by atoms with Crippen molar-refractivity contribution in [2.75, 3.05) is 20.3 Å². The smallest absolute Gasteiger partial charge is 0.390 e. The first-order chi connectivity index (χ1) is 11.1. The van der Waals surface area contributed by atoms with Gasteiger partial charge >= 0.3 is 15.4 Å². The Hall–Kier alpha value is -0.640. The molecule has 138 valence electrons. The third-order valence-corrected chi connectivity index (χ3v) is 7.17. The normalized spacial score (nSPS) is 37.0. The molecule has 6 nitrogen and oxygen atoms in total. The van der Waals surface area contributed by atoms with Crippen LogP contribution in [0.4, 0.5) is 8.78 Å². The van der Waals surface area contributed by atoms with Gasteiger partial charge in [0.15, 0.2) is 0 Å². The summed E-state index contributed by atoms with van der Waals surface area (Å²) >= 11 is 0. The van der Waals surface area contributed by atoms with Crippen LogP contribution in [-0.2, 0) is 23.8 Å². The molecule has 4 aliphatic carbocycles. The molecule has 0 aliphatic heterocycles.